The normalized spacial score (nSPS) is 11.3. The lowest BCUT2D eigenvalue weighted by Gasteiger charge is -2.04. The summed E-state index contributed by atoms with van der Waals surface area (Å²) in [6.07, 6.45) is 2.49. The highest BCUT2D eigenvalue weighted by Gasteiger charge is 2.13. The van der Waals surface area contributed by atoms with Crippen LogP contribution in [0.1, 0.15) is 24.1 Å². The minimum Gasteiger partial charge on any atom is -0.444 e. The van der Waals surface area contributed by atoms with Crippen molar-refractivity contribution < 1.29 is 8.81 Å². The maximum absolute atomic E-state index is 13.5. The van der Waals surface area contributed by atoms with Crippen LogP contribution in [0.4, 0.5) is 10.3 Å². The van der Waals surface area contributed by atoms with Gasteiger partial charge >= 0.3 is 0 Å². The molecule has 2 N–H and O–H groups in total. The van der Waals surface area contributed by atoms with Crippen LogP contribution in [0.3, 0.4) is 0 Å². The van der Waals surface area contributed by atoms with Crippen LogP contribution in [0.5, 0.6) is 0 Å². The first-order valence-corrected chi connectivity index (χ1v) is 6.44. The number of nitrogen functional groups attached to an aromatic ring is 1. The summed E-state index contributed by atoms with van der Waals surface area (Å²) in [5.74, 6) is 1.42. The molecule has 0 saturated carbocycles. The molecule has 1 aromatic carbocycles. The van der Waals surface area contributed by atoms with Crippen molar-refractivity contribution in [3.8, 4) is 0 Å². The standard InChI is InChI=1S/C14H15FN4O/c1-3-9-6-17-13(20-9)7-19-12-4-8(2)10(15)5-11(12)18-14(19)16/h4-6H,3,7H2,1-2H3,(H2,16,18). The van der Waals surface area contributed by atoms with Gasteiger partial charge in [0.25, 0.3) is 0 Å². The number of imidazole rings is 1. The monoisotopic (exact) mass is 274 g/mol. The van der Waals surface area contributed by atoms with E-state index in [2.05, 4.69) is 9.97 Å². The zero-order valence-electron chi connectivity index (χ0n) is 11.4. The zero-order valence-corrected chi connectivity index (χ0v) is 11.4. The number of oxazole rings is 1. The van der Waals surface area contributed by atoms with Crippen molar-refractivity contribution in [1.29, 1.82) is 0 Å². The van der Waals surface area contributed by atoms with E-state index in [-0.39, 0.29) is 5.82 Å². The van der Waals surface area contributed by atoms with Gasteiger partial charge in [-0.05, 0) is 18.6 Å². The molecule has 0 fully saturated rings. The van der Waals surface area contributed by atoms with Gasteiger partial charge in [-0.1, -0.05) is 6.92 Å². The molecular formula is C14H15FN4O. The number of fused-ring (bicyclic) bond motifs is 1. The summed E-state index contributed by atoms with van der Waals surface area (Å²) < 4.78 is 20.9. The summed E-state index contributed by atoms with van der Waals surface area (Å²) in [6.45, 7) is 4.09. The molecule has 0 atom stereocenters. The SMILES string of the molecule is CCc1cnc(Cn2c(N)nc3cc(F)c(C)cc32)o1. The number of benzene rings is 1. The molecule has 104 valence electrons. The molecule has 0 bridgehead atoms. The first-order chi connectivity index (χ1) is 9.58. The number of nitrogens with zero attached hydrogens (tertiary/aromatic N) is 3. The third-order valence-electron chi connectivity index (χ3n) is 3.30. The van der Waals surface area contributed by atoms with Crippen molar-refractivity contribution in [2.24, 2.45) is 0 Å². The van der Waals surface area contributed by atoms with Gasteiger partial charge in [0.2, 0.25) is 11.8 Å². The van der Waals surface area contributed by atoms with Crippen molar-refractivity contribution in [3.63, 3.8) is 0 Å². The number of rotatable bonds is 3. The van der Waals surface area contributed by atoms with E-state index in [0.717, 1.165) is 17.7 Å². The van der Waals surface area contributed by atoms with E-state index in [1.54, 1.807) is 23.8 Å². The van der Waals surface area contributed by atoms with Gasteiger partial charge in [-0.3, -0.25) is 0 Å². The van der Waals surface area contributed by atoms with Gasteiger partial charge in [0.15, 0.2) is 0 Å². The fourth-order valence-electron chi connectivity index (χ4n) is 2.15. The molecule has 2 heterocycles. The van der Waals surface area contributed by atoms with E-state index < -0.39 is 0 Å². The highest BCUT2D eigenvalue weighted by atomic mass is 19.1. The van der Waals surface area contributed by atoms with E-state index in [9.17, 15) is 4.39 Å². The van der Waals surface area contributed by atoms with E-state index in [0.29, 0.717) is 29.5 Å². The number of hydrogen-bond acceptors (Lipinski definition) is 4. The highest BCUT2D eigenvalue weighted by molar-refractivity contribution is 5.79. The Hall–Kier alpha value is -2.37. The van der Waals surface area contributed by atoms with E-state index >= 15 is 0 Å². The van der Waals surface area contributed by atoms with Crippen LogP contribution in [0.25, 0.3) is 11.0 Å². The van der Waals surface area contributed by atoms with Crippen LogP contribution in [0.15, 0.2) is 22.7 Å². The Labute approximate surface area is 115 Å². The van der Waals surface area contributed by atoms with Crippen LogP contribution in [0.2, 0.25) is 0 Å². The summed E-state index contributed by atoms with van der Waals surface area (Å²) in [4.78, 5) is 8.37. The Morgan fingerprint density at radius 1 is 1.40 bits per heavy atom. The molecule has 0 spiro atoms. The van der Waals surface area contributed by atoms with Crippen LogP contribution < -0.4 is 5.73 Å². The van der Waals surface area contributed by atoms with Crippen LogP contribution >= 0.6 is 0 Å². The molecule has 0 saturated heterocycles. The summed E-state index contributed by atoms with van der Waals surface area (Å²) in [5, 5.41) is 0. The van der Waals surface area contributed by atoms with Crippen molar-refractivity contribution in [3.05, 3.63) is 41.4 Å². The first kappa shape index (κ1) is 12.7. The largest absolute Gasteiger partial charge is 0.444 e. The second kappa shape index (κ2) is 4.63. The second-order valence-electron chi connectivity index (χ2n) is 4.72. The molecule has 2 aromatic heterocycles. The Bertz CT molecular complexity index is 775. The molecule has 0 aliphatic carbocycles. The Morgan fingerprint density at radius 2 is 2.20 bits per heavy atom. The lowest BCUT2D eigenvalue weighted by atomic mass is 10.2. The number of nitrogens with two attached hydrogens (primary N) is 1. The fraction of sp³-hybridized carbons (Fsp3) is 0.286. The van der Waals surface area contributed by atoms with Gasteiger partial charge in [0.1, 0.15) is 18.1 Å². The maximum Gasteiger partial charge on any atom is 0.214 e. The number of halogens is 1. The summed E-state index contributed by atoms with van der Waals surface area (Å²) in [6, 6.07) is 3.13. The Kier molecular flexibility index (Phi) is 2.93. The topological polar surface area (TPSA) is 69.9 Å². The fourth-order valence-corrected chi connectivity index (χ4v) is 2.15. The molecular weight excluding hydrogens is 259 g/mol. The second-order valence-corrected chi connectivity index (χ2v) is 4.72. The van der Waals surface area contributed by atoms with E-state index in [1.165, 1.54) is 6.07 Å². The van der Waals surface area contributed by atoms with Crippen molar-refractivity contribution in [1.82, 2.24) is 14.5 Å². The van der Waals surface area contributed by atoms with Crippen molar-refractivity contribution in [2.75, 3.05) is 5.73 Å². The molecule has 0 unspecified atom stereocenters. The number of aryl methyl sites for hydroxylation is 2. The third kappa shape index (κ3) is 2.03. The summed E-state index contributed by atoms with van der Waals surface area (Å²) >= 11 is 0. The average molecular weight is 274 g/mol. The Balaban J connectivity index is 2.06. The molecule has 5 nitrogen and oxygen atoms in total. The van der Waals surface area contributed by atoms with Crippen LogP contribution in [0, 0.1) is 12.7 Å². The van der Waals surface area contributed by atoms with Gasteiger partial charge < -0.3 is 14.7 Å². The minimum absolute atomic E-state index is 0.286. The highest BCUT2D eigenvalue weighted by Crippen LogP contribution is 2.22. The summed E-state index contributed by atoms with van der Waals surface area (Å²) in [7, 11) is 0. The molecule has 0 amide bonds. The van der Waals surface area contributed by atoms with E-state index in [1.807, 2.05) is 6.92 Å². The number of aromatic nitrogens is 3. The van der Waals surface area contributed by atoms with Gasteiger partial charge in [-0.2, -0.15) is 0 Å². The lowest BCUT2D eigenvalue weighted by Crippen LogP contribution is -2.04. The van der Waals surface area contributed by atoms with Gasteiger partial charge in [-0.25, -0.2) is 14.4 Å². The van der Waals surface area contributed by atoms with Crippen molar-refractivity contribution >= 4 is 17.0 Å². The third-order valence-corrected chi connectivity index (χ3v) is 3.30. The zero-order chi connectivity index (χ0) is 14.3. The molecule has 0 radical (unpaired) electrons. The van der Waals surface area contributed by atoms with Gasteiger partial charge in [-0.15, -0.1) is 0 Å². The quantitative estimate of drug-likeness (QED) is 0.797. The molecule has 0 aliphatic heterocycles. The number of hydrogen-bond donors (Lipinski definition) is 1. The van der Waals surface area contributed by atoms with Crippen LogP contribution in [-0.4, -0.2) is 14.5 Å². The predicted molar refractivity (Wildman–Crippen MR) is 73.8 cm³/mol. The molecule has 3 rings (SSSR count). The van der Waals surface area contributed by atoms with E-state index in [4.69, 9.17) is 10.2 Å². The molecule has 20 heavy (non-hydrogen) atoms. The summed E-state index contributed by atoms with van der Waals surface area (Å²) in [5.41, 5.74) is 7.77. The lowest BCUT2D eigenvalue weighted by molar-refractivity contribution is 0.449. The average Bonchev–Trinajstić information content (AvgIpc) is 2.98. The molecule has 3 aromatic rings. The smallest absolute Gasteiger partial charge is 0.214 e. The first-order valence-electron chi connectivity index (χ1n) is 6.44. The maximum atomic E-state index is 13.5. The van der Waals surface area contributed by atoms with Gasteiger partial charge in [0, 0.05) is 12.5 Å². The predicted octanol–water partition coefficient (Wildman–Crippen LogP) is 2.66. The molecule has 6 heteroatoms. The molecule has 0 aliphatic rings. The van der Waals surface area contributed by atoms with Gasteiger partial charge in [0.05, 0.1) is 17.2 Å². The minimum atomic E-state index is -0.286. The van der Waals surface area contributed by atoms with Crippen LogP contribution in [-0.2, 0) is 13.0 Å². The number of anilines is 1. The van der Waals surface area contributed by atoms with Crippen molar-refractivity contribution in [2.45, 2.75) is 26.8 Å². The Morgan fingerprint density at radius 3 is 2.90 bits per heavy atom.